The van der Waals surface area contributed by atoms with Crippen LogP contribution in [0.3, 0.4) is 0 Å². The summed E-state index contributed by atoms with van der Waals surface area (Å²) in [6.45, 7) is 0. The molecule has 5 nitrogen and oxygen atoms in total. The number of thiazole rings is 1. The maximum absolute atomic E-state index is 5.56. The number of anilines is 1. The summed E-state index contributed by atoms with van der Waals surface area (Å²) >= 11 is 3.24. The molecule has 0 atom stereocenters. The Morgan fingerprint density at radius 1 is 1.57 bits per heavy atom. The molecule has 2 N–H and O–H groups in total. The van der Waals surface area contributed by atoms with Gasteiger partial charge in [0.15, 0.2) is 5.16 Å². The minimum Gasteiger partial charge on any atom is -0.368 e. The lowest BCUT2D eigenvalue weighted by Crippen LogP contribution is -1.97. The molecule has 0 amide bonds. The Morgan fingerprint density at radius 2 is 2.43 bits per heavy atom. The van der Waals surface area contributed by atoms with Crippen LogP contribution in [-0.4, -0.2) is 19.7 Å². The van der Waals surface area contributed by atoms with Crippen LogP contribution in [0.5, 0.6) is 0 Å². The highest BCUT2D eigenvalue weighted by molar-refractivity contribution is 7.98. The zero-order chi connectivity index (χ0) is 9.97. The minimum absolute atomic E-state index is 0.441. The van der Waals surface area contributed by atoms with Gasteiger partial charge in [-0.3, -0.25) is 9.55 Å². The molecule has 0 spiro atoms. The van der Waals surface area contributed by atoms with Gasteiger partial charge in [-0.25, -0.2) is 0 Å². The smallest absolute Gasteiger partial charge is 0.222 e. The average Bonchev–Trinajstić information content (AvgIpc) is 2.77. The van der Waals surface area contributed by atoms with Crippen LogP contribution in [0.1, 0.15) is 4.88 Å². The van der Waals surface area contributed by atoms with E-state index in [4.69, 9.17) is 5.73 Å². The summed E-state index contributed by atoms with van der Waals surface area (Å²) < 4.78 is 1.77. The van der Waals surface area contributed by atoms with Crippen molar-refractivity contribution in [2.24, 2.45) is 7.05 Å². The molecule has 0 unspecified atom stereocenters. The van der Waals surface area contributed by atoms with Gasteiger partial charge in [-0.1, -0.05) is 11.8 Å². The molecule has 2 heterocycles. The highest BCUT2D eigenvalue weighted by Gasteiger charge is 2.06. The molecule has 2 rings (SSSR count). The molecule has 2 aromatic rings. The second-order valence-corrected chi connectivity index (χ2v) is 4.57. The maximum atomic E-state index is 5.56. The zero-order valence-electron chi connectivity index (χ0n) is 7.54. The van der Waals surface area contributed by atoms with Crippen molar-refractivity contribution in [1.82, 2.24) is 19.7 Å². The van der Waals surface area contributed by atoms with Crippen molar-refractivity contribution in [3.63, 3.8) is 0 Å². The van der Waals surface area contributed by atoms with Crippen molar-refractivity contribution >= 4 is 29.0 Å². The molecular formula is C7H9N5S2. The standard InChI is InChI=1S/C7H9N5S2/c1-12-6(8)10-11-7(12)13-3-5-2-9-4-14-5/h2,4H,3H2,1H3,(H2,8,10). The second-order valence-electron chi connectivity index (χ2n) is 2.66. The molecule has 0 aliphatic rings. The molecule has 0 bridgehead atoms. The van der Waals surface area contributed by atoms with E-state index in [9.17, 15) is 0 Å². The molecule has 0 aromatic carbocycles. The summed E-state index contributed by atoms with van der Waals surface area (Å²) in [5.74, 6) is 1.30. The SMILES string of the molecule is Cn1c(N)nnc1SCc1cncs1. The van der Waals surface area contributed by atoms with Gasteiger partial charge in [0.05, 0.1) is 5.51 Å². The predicted molar refractivity (Wildman–Crippen MR) is 57.1 cm³/mol. The van der Waals surface area contributed by atoms with Crippen molar-refractivity contribution < 1.29 is 0 Å². The average molecular weight is 227 g/mol. The summed E-state index contributed by atoms with van der Waals surface area (Å²) in [6.07, 6.45) is 1.86. The fourth-order valence-corrected chi connectivity index (χ4v) is 2.46. The van der Waals surface area contributed by atoms with E-state index in [2.05, 4.69) is 15.2 Å². The molecule has 2 aromatic heterocycles. The Bertz CT molecular complexity index is 408. The first-order valence-electron chi connectivity index (χ1n) is 3.92. The number of nitrogens with two attached hydrogens (primary N) is 1. The lowest BCUT2D eigenvalue weighted by atomic mass is 10.6. The Kier molecular flexibility index (Phi) is 2.69. The molecule has 0 saturated heterocycles. The predicted octanol–water partition coefficient (Wildman–Crippen LogP) is 1.15. The normalized spacial score (nSPS) is 10.6. The van der Waals surface area contributed by atoms with Gasteiger partial charge in [-0.05, 0) is 0 Å². The van der Waals surface area contributed by atoms with Gasteiger partial charge < -0.3 is 5.73 Å². The van der Waals surface area contributed by atoms with Crippen LogP contribution >= 0.6 is 23.1 Å². The van der Waals surface area contributed by atoms with E-state index in [1.807, 2.05) is 18.8 Å². The molecule has 0 fully saturated rings. The molecule has 0 radical (unpaired) electrons. The molecular weight excluding hydrogens is 218 g/mol. The number of aromatic nitrogens is 4. The number of hydrogen-bond donors (Lipinski definition) is 1. The van der Waals surface area contributed by atoms with Crippen LogP contribution in [0, 0.1) is 0 Å². The van der Waals surface area contributed by atoms with Crippen LogP contribution in [0.25, 0.3) is 0 Å². The van der Waals surface area contributed by atoms with E-state index in [0.717, 1.165) is 10.9 Å². The summed E-state index contributed by atoms with van der Waals surface area (Å²) in [6, 6.07) is 0. The maximum Gasteiger partial charge on any atom is 0.222 e. The third kappa shape index (κ3) is 1.88. The summed E-state index contributed by atoms with van der Waals surface area (Å²) in [5.41, 5.74) is 7.38. The van der Waals surface area contributed by atoms with Crippen LogP contribution in [0.2, 0.25) is 0 Å². The van der Waals surface area contributed by atoms with Crippen LogP contribution in [0.4, 0.5) is 5.95 Å². The molecule has 0 aliphatic heterocycles. The molecule has 74 valence electrons. The first kappa shape index (κ1) is 9.47. The number of rotatable bonds is 3. The lowest BCUT2D eigenvalue weighted by molar-refractivity contribution is 0.796. The molecule has 7 heteroatoms. The van der Waals surface area contributed by atoms with Gasteiger partial charge >= 0.3 is 0 Å². The fourth-order valence-electron chi connectivity index (χ4n) is 0.901. The van der Waals surface area contributed by atoms with E-state index in [1.54, 1.807) is 27.7 Å². The van der Waals surface area contributed by atoms with Gasteiger partial charge in [0.25, 0.3) is 0 Å². The van der Waals surface area contributed by atoms with Crippen LogP contribution in [-0.2, 0) is 12.8 Å². The monoisotopic (exact) mass is 227 g/mol. The van der Waals surface area contributed by atoms with Crippen molar-refractivity contribution in [2.75, 3.05) is 5.73 Å². The quantitative estimate of drug-likeness (QED) is 0.796. The minimum atomic E-state index is 0.441. The number of nitrogens with zero attached hydrogens (tertiary/aromatic N) is 4. The summed E-state index contributed by atoms with van der Waals surface area (Å²) in [4.78, 5) is 5.22. The number of thioether (sulfide) groups is 1. The lowest BCUT2D eigenvalue weighted by Gasteiger charge is -1.98. The van der Waals surface area contributed by atoms with Gasteiger partial charge in [-0.15, -0.1) is 21.5 Å². The summed E-state index contributed by atoms with van der Waals surface area (Å²) in [7, 11) is 1.85. The Hall–Kier alpha value is -1.08. The van der Waals surface area contributed by atoms with E-state index >= 15 is 0 Å². The third-order valence-corrected chi connectivity index (χ3v) is 3.73. The highest BCUT2D eigenvalue weighted by Crippen LogP contribution is 2.22. The highest BCUT2D eigenvalue weighted by atomic mass is 32.2. The number of hydrogen-bond acceptors (Lipinski definition) is 6. The van der Waals surface area contributed by atoms with E-state index < -0.39 is 0 Å². The van der Waals surface area contributed by atoms with Crippen molar-refractivity contribution in [3.05, 3.63) is 16.6 Å². The summed E-state index contributed by atoms with van der Waals surface area (Å²) in [5, 5.41) is 8.55. The van der Waals surface area contributed by atoms with Gasteiger partial charge in [0, 0.05) is 23.9 Å². The molecule has 0 aliphatic carbocycles. The zero-order valence-corrected chi connectivity index (χ0v) is 9.18. The van der Waals surface area contributed by atoms with E-state index in [1.165, 1.54) is 4.88 Å². The Morgan fingerprint density at radius 3 is 3.00 bits per heavy atom. The van der Waals surface area contributed by atoms with Crippen molar-refractivity contribution in [2.45, 2.75) is 10.9 Å². The third-order valence-electron chi connectivity index (χ3n) is 1.70. The molecule has 14 heavy (non-hydrogen) atoms. The fraction of sp³-hybridized carbons (Fsp3) is 0.286. The Balaban J connectivity index is 2.02. The molecule has 0 saturated carbocycles. The van der Waals surface area contributed by atoms with E-state index in [-0.39, 0.29) is 0 Å². The Labute approximate surface area is 89.4 Å². The van der Waals surface area contributed by atoms with Gasteiger partial charge in [0.2, 0.25) is 5.95 Å². The topological polar surface area (TPSA) is 69.6 Å². The van der Waals surface area contributed by atoms with Crippen LogP contribution < -0.4 is 5.73 Å². The largest absolute Gasteiger partial charge is 0.368 e. The van der Waals surface area contributed by atoms with E-state index in [0.29, 0.717) is 5.95 Å². The van der Waals surface area contributed by atoms with Crippen LogP contribution in [0.15, 0.2) is 16.9 Å². The van der Waals surface area contributed by atoms with Gasteiger partial charge in [0.1, 0.15) is 0 Å². The van der Waals surface area contributed by atoms with Crippen molar-refractivity contribution in [3.8, 4) is 0 Å². The van der Waals surface area contributed by atoms with Gasteiger partial charge in [-0.2, -0.15) is 0 Å². The van der Waals surface area contributed by atoms with Crippen molar-refractivity contribution in [1.29, 1.82) is 0 Å². The first-order valence-corrected chi connectivity index (χ1v) is 5.79. The second kappa shape index (κ2) is 3.97. The number of nitrogen functional groups attached to an aromatic ring is 1. The first-order chi connectivity index (χ1) is 6.77.